The van der Waals surface area contributed by atoms with Crippen LogP contribution < -0.4 is 20.9 Å². The van der Waals surface area contributed by atoms with Crippen molar-refractivity contribution in [2.75, 3.05) is 210 Å². The molecule has 6 N–H and O–H groups in total. The van der Waals surface area contributed by atoms with Crippen molar-refractivity contribution < 1.29 is 107 Å². The number of ether oxygens (including phenoxy) is 14. The molecule has 0 aromatic heterocycles. The molecule has 2 aromatic rings. The number of hydrogen-bond acceptors (Lipinski definition) is 24. The maximum Gasteiger partial charge on any atom is 0.409 e. The Hall–Kier alpha value is -4.91. The van der Waals surface area contributed by atoms with Gasteiger partial charge in [0.05, 0.1) is 202 Å². The summed E-state index contributed by atoms with van der Waals surface area (Å²) in [5.74, 6) is -1.75. The van der Waals surface area contributed by atoms with Crippen LogP contribution in [0.4, 0.5) is 10.5 Å². The average Bonchev–Trinajstić information content (AvgIpc) is 3.64. The second-order valence-corrected chi connectivity index (χ2v) is 22.3. The Morgan fingerprint density at radius 3 is 1.19 bits per heavy atom. The van der Waals surface area contributed by atoms with Gasteiger partial charge in [0.2, 0.25) is 31.9 Å². The molecule has 2 rings (SSSR count). The van der Waals surface area contributed by atoms with Crippen LogP contribution in [0, 0.1) is 0 Å². The lowest BCUT2D eigenvalue weighted by Crippen LogP contribution is -2.46. The van der Waals surface area contributed by atoms with Crippen molar-refractivity contribution in [2.45, 2.75) is 49.0 Å². The molecule has 85 heavy (non-hydrogen) atoms. The highest BCUT2D eigenvalue weighted by molar-refractivity contribution is 7.89. The molecule has 31 heteroatoms. The number of ketones is 1. The Balaban J connectivity index is 1.45. The van der Waals surface area contributed by atoms with Gasteiger partial charge in [-0.15, -0.1) is 0 Å². The molecule has 0 saturated carbocycles. The van der Waals surface area contributed by atoms with Crippen LogP contribution in [-0.2, 0) is 112 Å². The quantitative estimate of drug-likeness (QED) is 0.0506. The van der Waals surface area contributed by atoms with E-state index < -0.39 is 55.9 Å². The molecule has 0 atom stereocenters. The summed E-state index contributed by atoms with van der Waals surface area (Å²) in [6, 6.07) is 10.5. The lowest BCUT2D eigenvalue weighted by molar-refractivity contribution is -0.156. The summed E-state index contributed by atoms with van der Waals surface area (Å²) in [5, 5.41) is 15.7. The first-order valence-electron chi connectivity index (χ1n) is 27.7. The number of carbonyl (C=O) groups is 5. The molecule has 0 heterocycles. The van der Waals surface area contributed by atoms with Crippen LogP contribution in [0.5, 0.6) is 0 Å². The zero-order valence-corrected chi connectivity index (χ0v) is 51.1. The minimum Gasteiger partial charge on any atom is -0.460 e. The van der Waals surface area contributed by atoms with Gasteiger partial charge >= 0.3 is 12.1 Å². The molecule has 29 nitrogen and oxygen atoms in total. The number of Topliss-reactive ketones (excluding diaryl/α,β-unsaturated/α-hetero) is 1. The van der Waals surface area contributed by atoms with E-state index >= 15 is 0 Å². The fraction of sp³-hybridized carbons (Fsp3) is 0.685. The first-order valence-corrected chi connectivity index (χ1v) is 30.8. The van der Waals surface area contributed by atoms with Crippen molar-refractivity contribution >= 4 is 55.4 Å². The van der Waals surface area contributed by atoms with Gasteiger partial charge in [0.25, 0.3) is 0 Å². The van der Waals surface area contributed by atoms with E-state index in [2.05, 4.69) is 10.6 Å². The van der Waals surface area contributed by atoms with Gasteiger partial charge in [0.1, 0.15) is 5.60 Å². The van der Waals surface area contributed by atoms with Crippen molar-refractivity contribution in [3.05, 3.63) is 54.1 Å². The van der Waals surface area contributed by atoms with Crippen LogP contribution in [0.3, 0.4) is 0 Å². The number of nitrogens with two attached hydrogens (primary N) is 2. The molecule has 0 bridgehead atoms. The molecule has 0 spiro atoms. The van der Waals surface area contributed by atoms with Crippen molar-refractivity contribution in [3.8, 4) is 0 Å². The summed E-state index contributed by atoms with van der Waals surface area (Å²) in [6.07, 6.45) is -0.781. The molecule has 0 fully saturated rings. The molecule has 0 aliphatic rings. The highest BCUT2D eigenvalue weighted by atomic mass is 32.2. The van der Waals surface area contributed by atoms with Gasteiger partial charge in [0, 0.05) is 31.7 Å². The van der Waals surface area contributed by atoms with Crippen LogP contribution in [0.15, 0.2) is 58.3 Å². The predicted molar refractivity (Wildman–Crippen MR) is 307 cm³/mol. The molecule has 0 aliphatic carbocycles. The molecule has 0 aliphatic heterocycles. The number of nitrogens with one attached hydrogen (secondary N) is 2. The van der Waals surface area contributed by atoms with Crippen LogP contribution >= 0.6 is 0 Å². The molecule has 3 amide bonds. The summed E-state index contributed by atoms with van der Waals surface area (Å²) < 4.78 is 123. The zero-order chi connectivity index (χ0) is 62.4. The van der Waals surface area contributed by atoms with Crippen molar-refractivity contribution in [2.24, 2.45) is 10.3 Å². The Kier molecular flexibility index (Phi) is 41.5. The summed E-state index contributed by atoms with van der Waals surface area (Å²) in [4.78, 5) is 65.8. The number of primary sulfonamides is 2. The van der Waals surface area contributed by atoms with E-state index in [1.165, 1.54) is 53.4 Å². The number of nitrogens with zero attached hydrogens (tertiary/aromatic N) is 2. The molecule has 0 saturated heterocycles. The van der Waals surface area contributed by atoms with Gasteiger partial charge in [0.15, 0.2) is 5.78 Å². The third-order valence-electron chi connectivity index (χ3n) is 10.9. The second-order valence-electron chi connectivity index (χ2n) is 19.2. The zero-order valence-electron chi connectivity index (χ0n) is 49.5. The fourth-order valence-corrected chi connectivity index (χ4v) is 7.89. The van der Waals surface area contributed by atoms with Gasteiger partial charge in [-0.2, -0.15) is 0 Å². The first kappa shape index (κ1) is 76.2. The smallest absolute Gasteiger partial charge is 0.409 e. The molecule has 0 unspecified atom stereocenters. The number of esters is 1. The number of amides is 3. The number of sulfonamides is 2. The van der Waals surface area contributed by atoms with Gasteiger partial charge in [-0.1, -0.05) is 12.1 Å². The van der Waals surface area contributed by atoms with Gasteiger partial charge in [-0.25, -0.2) is 31.9 Å². The number of methoxy groups -OCH3 is 1. The number of hydrogen-bond donors (Lipinski definition) is 4. The summed E-state index contributed by atoms with van der Waals surface area (Å²) >= 11 is 0. The van der Waals surface area contributed by atoms with Gasteiger partial charge in [-0.05, 0) is 62.7 Å². The van der Waals surface area contributed by atoms with Crippen molar-refractivity contribution in [3.63, 3.8) is 0 Å². The Bertz CT molecular complexity index is 2370. The molecular formula is C54H90N6O23S2. The van der Waals surface area contributed by atoms with E-state index in [9.17, 15) is 40.8 Å². The van der Waals surface area contributed by atoms with Crippen LogP contribution in [-0.4, -0.2) is 267 Å². The van der Waals surface area contributed by atoms with Crippen LogP contribution in [0.25, 0.3) is 0 Å². The van der Waals surface area contributed by atoms with Crippen molar-refractivity contribution in [1.82, 2.24) is 15.1 Å². The SMILES string of the molecule is COC(=O)N(CCN(CC(=O)NCCOCCOCCOCCOCCOCCOCCOCCOCCOCCOCCOCCOCCC(=O)OC(C)(C)C)CC(=O)Nc1ccc(S(N)(=O)=O)cc1)CC(=O)Cc1ccc(S(N)(=O)=O)cc1. The number of benzene rings is 2. The topological polar surface area (TPSA) is 365 Å². The Morgan fingerprint density at radius 2 is 0.824 bits per heavy atom. The van der Waals surface area contributed by atoms with E-state index in [4.69, 9.17) is 76.6 Å². The Labute approximate surface area is 499 Å². The largest absolute Gasteiger partial charge is 0.460 e. The van der Waals surface area contributed by atoms with E-state index in [0.717, 1.165) is 12.0 Å². The van der Waals surface area contributed by atoms with Crippen molar-refractivity contribution in [1.29, 1.82) is 0 Å². The van der Waals surface area contributed by atoms with E-state index in [0.29, 0.717) is 144 Å². The summed E-state index contributed by atoms with van der Waals surface area (Å²) in [6.45, 7) is 13.7. The molecule has 486 valence electrons. The molecular weight excluding hydrogens is 1160 g/mol. The predicted octanol–water partition coefficient (Wildman–Crippen LogP) is 0.149. The minimum atomic E-state index is -3.97. The lowest BCUT2D eigenvalue weighted by Gasteiger charge is -2.26. The Morgan fingerprint density at radius 1 is 0.471 bits per heavy atom. The highest BCUT2D eigenvalue weighted by Gasteiger charge is 2.22. The average molecular weight is 1260 g/mol. The minimum absolute atomic E-state index is 0.0651. The highest BCUT2D eigenvalue weighted by Crippen LogP contribution is 2.14. The monoisotopic (exact) mass is 1250 g/mol. The van der Waals surface area contributed by atoms with Gasteiger partial charge < -0.3 is 76.9 Å². The molecule has 0 radical (unpaired) electrons. The summed E-state index contributed by atoms with van der Waals surface area (Å²) in [5.41, 5.74) is 0.229. The van der Waals surface area contributed by atoms with E-state index in [1.807, 2.05) is 20.8 Å². The standard InChI is InChI=1S/C54H90N6O23S2/c1-54(2,3)83-52(64)13-17-71-19-21-73-23-25-75-27-29-77-31-33-79-35-37-81-39-40-82-38-36-80-34-32-78-30-28-76-26-24-74-22-20-72-18-14-57-50(62)43-59(44-51(63)58-46-7-11-49(12-8-46)85(56,68)69)15-16-60(53(65)70-4)42-47(61)41-45-5-9-48(10-6-45)84(55,66)67/h5-12H,13-44H2,1-4H3,(H,57,62)(H,58,63)(H2,55,66,67)(H2,56,68,69). The maximum absolute atomic E-state index is 13.1. The number of anilines is 1. The lowest BCUT2D eigenvalue weighted by atomic mass is 10.1. The maximum atomic E-state index is 13.1. The molecule has 2 aromatic carbocycles. The normalized spacial score (nSPS) is 11.9. The number of carbonyl (C=O) groups excluding carboxylic acids is 5. The third kappa shape index (κ3) is 42.6. The summed E-state index contributed by atoms with van der Waals surface area (Å²) in [7, 11) is -6.77. The van der Waals surface area contributed by atoms with E-state index in [1.54, 1.807) is 0 Å². The number of rotatable bonds is 53. The first-order chi connectivity index (χ1) is 40.7. The second kappa shape index (κ2) is 46.3. The van der Waals surface area contributed by atoms with Crippen LogP contribution in [0.1, 0.15) is 32.8 Å². The third-order valence-corrected chi connectivity index (χ3v) is 12.7. The van der Waals surface area contributed by atoms with Gasteiger partial charge in [-0.3, -0.25) is 29.0 Å². The van der Waals surface area contributed by atoms with E-state index in [-0.39, 0.29) is 86.8 Å². The van der Waals surface area contributed by atoms with Crippen LogP contribution in [0.2, 0.25) is 0 Å². The fourth-order valence-electron chi connectivity index (χ4n) is 6.86.